The number of ketones is 1. The van der Waals surface area contributed by atoms with Crippen LogP contribution in [0.25, 0.3) is 0 Å². The maximum atomic E-state index is 12.4. The van der Waals surface area contributed by atoms with Crippen LogP contribution in [-0.4, -0.2) is 11.4 Å². The highest BCUT2D eigenvalue weighted by Crippen LogP contribution is 2.26. The summed E-state index contributed by atoms with van der Waals surface area (Å²) >= 11 is 0. The molecule has 0 unspecified atom stereocenters. The Morgan fingerprint density at radius 1 is 1.05 bits per heavy atom. The number of hydrogen-bond donors (Lipinski definition) is 0. The van der Waals surface area contributed by atoms with E-state index in [9.17, 15) is 4.79 Å². The molecule has 0 N–H and O–H groups in total. The number of benzene rings is 1. The Kier molecular flexibility index (Phi) is 5.61. The first-order chi connectivity index (χ1) is 9.53. The quantitative estimate of drug-likeness (QED) is 0.758. The van der Waals surface area contributed by atoms with Crippen LogP contribution in [0.4, 0.5) is 0 Å². The molecule has 1 aromatic rings. The smallest absolute Gasteiger partial charge is 0.141 e. The van der Waals surface area contributed by atoms with E-state index in [1.54, 1.807) is 0 Å². The summed E-state index contributed by atoms with van der Waals surface area (Å²) < 4.78 is 5.82. The Hall–Kier alpha value is -1.31. The molecule has 2 heteroatoms. The van der Waals surface area contributed by atoms with Crippen molar-refractivity contribution < 1.29 is 9.53 Å². The second-order valence-electron chi connectivity index (χ2n) is 7.78. The van der Waals surface area contributed by atoms with Gasteiger partial charge in [-0.15, -0.1) is 0 Å². The van der Waals surface area contributed by atoms with E-state index >= 15 is 0 Å². The number of ether oxygens (including phenoxy) is 1. The van der Waals surface area contributed by atoms with E-state index in [1.165, 1.54) is 5.56 Å². The Morgan fingerprint density at radius 3 is 1.95 bits per heavy atom. The molecule has 2 nitrogen and oxygen atoms in total. The molecule has 0 aliphatic rings. The molecule has 1 atom stereocenters. The monoisotopic (exact) mass is 290 g/mol. The van der Waals surface area contributed by atoms with Crippen molar-refractivity contribution in [3.63, 3.8) is 0 Å². The SMILES string of the molecule is CC[C@@H](Cc1ccc(OC(C)(C)C)cc1)C(=O)C(C)(C)C. The van der Waals surface area contributed by atoms with Crippen LogP contribution in [-0.2, 0) is 11.2 Å². The first-order valence-corrected chi connectivity index (χ1v) is 7.85. The third kappa shape index (κ3) is 5.91. The Bertz CT molecular complexity index is 458. The van der Waals surface area contributed by atoms with Gasteiger partial charge in [-0.1, -0.05) is 39.8 Å². The average Bonchev–Trinajstić information content (AvgIpc) is 2.34. The number of Topliss-reactive ketones (excluding diaryl/α,β-unsaturated/α-hetero) is 1. The van der Waals surface area contributed by atoms with Gasteiger partial charge in [-0.25, -0.2) is 0 Å². The van der Waals surface area contributed by atoms with Gasteiger partial charge in [0.05, 0.1) is 0 Å². The van der Waals surface area contributed by atoms with E-state index in [1.807, 2.05) is 53.7 Å². The zero-order valence-corrected chi connectivity index (χ0v) is 14.6. The summed E-state index contributed by atoms with van der Waals surface area (Å²) in [5.74, 6) is 1.32. The Labute approximate surface area is 129 Å². The van der Waals surface area contributed by atoms with Gasteiger partial charge in [-0.3, -0.25) is 4.79 Å². The van der Waals surface area contributed by atoms with Gasteiger partial charge in [0.25, 0.3) is 0 Å². The minimum absolute atomic E-state index is 0.0967. The second kappa shape index (κ2) is 6.64. The molecule has 0 aliphatic carbocycles. The number of carbonyl (C=O) groups is 1. The van der Waals surface area contributed by atoms with Gasteiger partial charge >= 0.3 is 0 Å². The van der Waals surface area contributed by atoms with Gasteiger partial charge in [0.2, 0.25) is 0 Å². The highest BCUT2D eigenvalue weighted by atomic mass is 16.5. The van der Waals surface area contributed by atoms with Gasteiger partial charge < -0.3 is 4.74 Å². The summed E-state index contributed by atoms with van der Waals surface area (Å²) in [5, 5.41) is 0. The molecule has 1 aromatic carbocycles. The Morgan fingerprint density at radius 2 is 1.57 bits per heavy atom. The fourth-order valence-corrected chi connectivity index (χ4v) is 2.37. The van der Waals surface area contributed by atoms with Crippen LogP contribution in [0.3, 0.4) is 0 Å². The van der Waals surface area contributed by atoms with Crippen LogP contribution in [0.15, 0.2) is 24.3 Å². The predicted molar refractivity (Wildman–Crippen MR) is 88.8 cm³/mol. The molecule has 0 radical (unpaired) electrons. The normalized spacial score (nSPS) is 13.9. The Balaban J connectivity index is 2.76. The van der Waals surface area contributed by atoms with E-state index in [0.717, 1.165) is 18.6 Å². The number of carbonyl (C=O) groups excluding carboxylic acids is 1. The third-order valence-electron chi connectivity index (χ3n) is 3.43. The molecule has 0 heterocycles. The summed E-state index contributed by atoms with van der Waals surface area (Å²) in [6.45, 7) is 14.2. The lowest BCUT2D eigenvalue weighted by molar-refractivity contribution is -0.130. The molecule has 21 heavy (non-hydrogen) atoms. The van der Waals surface area contributed by atoms with E-state index < -0.39 is 0 Å². The maximum absolute atomic E-state index is 12.4. The summed E-state index contributed by atoms with van der Waals surface area (Å²) in [6.07, 6.45) is 1.69. The predicted octanol–water partition coefficient (Wildman–Crippen LogP) is 5.05. The van der Waals surface area contributed by atoms with E-state index in [0.29, 0.717) is 5.78 Å². The van der Waals surface area contributed by atoms with Crippen molar-refractivity contribution >= 4 is 5.78 Å². The van der Waals surface area contributed by atoms with E-state index in [4.69, 9.17) is 4.74 Å². The van der Waals surface area contributed by atoms with Gasteiger partial charge in [0, 0.05) is 11.3 Å². The number of rotatable bonds is 5. The topological polar surface area (TPSA) is 26.3 Å². The maximum Gasteiger partial charge on any atom is 0.141 e. The molecule has 0 saturated heterocycles. The number of hydrogen-bond acceptors (Lipinski definition) is 2. The van der Waals surface area contributed by atoms with Crippen LogP contribution >= 0.6 is 0 Å². The van der Waals surface area contributed by atoms with Gasteiger partial charge in [0.15, 0.2) is 0 Å². The summed E-state index contributed by atoms with van der Waals surface area (Å²) in [4.78, 5) is 12.4. The zero-order chi connectivity index (χ0) is 16.3. The fraction of sp³-hybridized carbons (Fsp3) is 0.632. The lowest BCUT2D eigenvalue weighted by Crippen LogP contribution is -2.29. The second-order valence-corrected chi connectivity index (χ2v) is 7.78. The first-order valence-electron chi connectivity index (χ1n) is 7.85. The first kappa shape index (κ1) is 17.7. The van der Waals surface area contributed by atoms with Crippen molar-refractivity contribution in [3.8, 4) is 5.75 Å². The van der Waals surface area contributed by atoms with Crippen molar-refractivity contribution in [3.05, 3.63) is 29.8 Å². The summed E-state index contributed by atoms with van der Waals surface area (Å²) in [7, 11) is 0. The standard InChI is InChI=1S/C19H30O2/c1-8-15(17(20)18(2,3)4)13-14-9-11-16(12-10-14)21-19(5,6)7/h9-12,15H,8,13H2,1-7H3/t15-/m0/s1. The highest BCUT2D eigenvalue weighted by molar-refractivity contribution is 5.86. The van der Waals surface area contributed by atoms with Crippen LogP contribution in [0.5, 0.6) is 5.75 Å². The van der Waals surface area contributed by atoms with Crippen LogP contribution in [0, 0.1) is 11.3 Å². The summed E-state index contributed by atoms with van der Waals surface area (Å²) in [6, 6.07) is 8.13. The van der Waals surface area contributed by atoms with Crippen LogP contribution in [0.2, 0.25) is 0 Å². The lowest BCUT2D eigenvalue weighted by Gasteiger charge is -2.24. The average molecular weight is 290 g/mol. The van der Waals surface area contributed by atoms with Crippen LogP contribution in [0.1, 0.15) is 60.5 Å². The van der Waals surface area contributed by atoms with E-state index in [-0.39, 0.29) is 16.9 Å². The lowest BCUT2D eigenvalue weighted by atomic mass is 9.79. The molecule has 0 bridgehead atoms. The fourth-order valence-electron chi connectivity index (χ4n) is 2.37. The third-order valence-corrected chi connectivity index (χ3v) is 3.43. The molecule has 1 rings (SSSR count). The summed E-state index contributed by atoms with van der Waals surface area (Å²) in [5.41, 5.74) is 0.742. The minimum atomic E-state index is -0.268. The van der Waals surface area contributed by atoms with Crippen molar-refractivity contribution in [2.75, 3.05) is 0 Å². The van der Waals surface area contributed by atoms with Crippen molar-refractivity contribution in [1.82, 2.24) is 0 Å². The molecule has 0 spiro atoms. The van der Waals surface area contributed by atoms with Crippen LogP contribution < -0.4 is 4.74 Å². The van der Waals surface area contributed by atoms with Crippen molar-refractivity contribution in [2.45, 2.75) is 66.9 Å². The molecule has 118 valence electrons. The van der Waals surface area contributed by atoms with Gasteiger partial charge in [-0.05, 0) is 51.3 Å². The van der Waals surface area contributed by atoms with Crippen molar-refractivity contribution in [1.29, 1.82) is 0 Å². The molecular formula is C19H30O2. The minimum Gasteiger partial charge on any atom is -0.488 e. The van der Waals surface area contributed by atoms with E-state index in [2.05, 4.69) is 19.1 Å². The molecule has 0 amide bonds. The molecular weight excluding hydrogens is 260 g/mol. The molecule has 0 saturated carbocycles. The molecule has 0 aliphatic heterocycles. The highest BCUT2D eigenvalue weighted by Gasteiger charge is 2.28. The largest absolute Gasteiger partial charge is 0.488 e. The zero-order valence-electron chi connectivity index (χ0n) is 14.6. The molecule has 0 fully saturated rings. The van der Waals surface area contributed by atoms with Crippen molar-refractivity contribution in [2.24, 2.45) is 11.3 Å². The van der Waals surface area contributed by atoms with Gasteiger partial charge in [0.1, 0.15) is 17.1 Å². The molecule has 0 aromatic heterocycles. The van der Waals surface area contributed by atoms with Gasteiger partial charge in [-0.2, -0.15) is 0 Å².